The van der Waals surface area contributed by atoms with Gasteiger partial charge in [-0.25, -0.2) is 0 Å². The summed E-state index contributed by atoms with van der Waals surface area (Å²) in [6.45, 7) is 9.14. The number of esters is 1. The van der Waals surface area contributed by atoms with Crippen molar-refractivity contribution in [1.82, 2.24) is 4.98 Å². The van der Waals surface area contributed by atoms with E-state index in [1.165, 1.54) is 7.11 Å². The first-order chi connectivity index (χ1) is 11.9. The molecular formula is C20H27ClNO3P. The van der Waals surface area contributed by atoms with Crippen LogP contribution in [0.15, 0.2) is 24.3 Å². The first kappa shape index (κ1) is 22.6. The molecule has 142 valence electrons. The van der Waals surface area contributed by atoms with Crippen LogP contribution in [0.2, 0.25) is 5.02 Å². The number of rotatable bonds is 3. The molecule has 0 fully saturated rings. The second-order valence-corrected chi connectivity index (χ2v) is 7.97. The molecule has 0 aliphatic carbocycles. The molecule has 2 aromatic rings. The fourth-order valence-electron chi connectivity index (χ4n) is 2.31. The number of aryl methyl sites for hydroxylation is 1. The van der Waals surface area contributed by atoms with Crippen LogP contribution in [0.25, 0.3) is 11.1 Å². The van der Waals surface area contributed by atoms with Gasteiger partial charge >= 0.3 is 5.97 Å². The number of hydrogen-bond donors (Lipinski definition) is 1. The normalized spacial score (nSPS) is 10.8. The predicted molar refractivity (Wildman–Crippen MR) is 111 cm³/mol. The number of nitrogens with zero attached hydrogens (tertiary/aromatic N) is 1. The molecule has 0 saturated carbocycles. The van der Waals surface area contributed by atoms with Gasteiger partial charge in [-0.15, -0.1) is 0 Å². The van der Waals surface area contributed by atoms with Crippen molar-refractivity contribution < 1.29 is 14.6 Å². The average Bonchev–Trinajstić information content (AvgIpc) is 2.52. The summed E-state index contributed by atoms with van der Waals surface area (Å²) >= 11 is 5.96. The van der Waals surface area contributed by atoms with Crippen molar-refractivity contribution in [2.45, 2.75) is 46.6 Å². The highest BCUT2D eigenvalue weighted by Crippen LogP contribution is 2.30. The largest absolute Gasteiger partial charge is 0.469 e. The molecule has 1 N–H and O–H groups in total. The Kier molecular flexibility index (Phi) is 8.20. The molecule has 1 unspecified atom stereocenters. The van der Waals surface area contributed by atoms with Gasteiger partial charge in [-0.05, 0) is 69.0 Å². The number of ether oxygens (including phenoxy) is 1. The van der Waals surface area contributed by atoms with E-state index in [-0.39, 0.29) is 12.4 Å². The number of halogens is 1. The number of pyridine rings is 1. The SMILES string of the molecule is CC(C)(C)O.COC(=O)Cc1c(C)nc(P)c(C)c1-c1ccc(Cl)cc1. The Morgan fingerprint density at radius 2 is 1.73 bits per heavy atom. The molecule has 1 aromatic heterocycles. The van der Waals surface area contributed by atoms with Crippen LogP contribution < -0.4 is 5.44 Å². The lowest BCUT2D eigenvalue weighted by atomic mass is 9.93. The van der Waals surface area contributed by atoms with Gasteiger partial charge in [0, 0.05) is 10.7 Å². The zero-order valence-corrected chi connectivity index (χ0v) is 18.1. The van der Waals surface area contributed by atoms with E-state index in [9.17, 15) is 4.79 Å². The van der Waals surface area contributed by atoms with Crippen LogP contribution in [-0.4, -0.2) is 28.8 Å². The summed E-state index contributed by atoms with van der Waals surface area (Å²) in [7, 11) is 4.03. The van der Waals surface area contributed by atoms with Crippen LogP contribution in [0.3, 0.4) is 0 Å². The highest BCUT2D eigenvalue weighted by Gasteiger charge is 2.17. The van der Waals surface area contributed by atoms with E-state index in [4.69, 9.17) is 21.4 Å². The van der Waals surface area contributed by atoms with Crippen LogP contribution in [0.5, 0.6) is 0 Å². The Labute approximate surface area is 163 Å². The number of hydrogen-bond acceptors (Lipinski definition) is 4. The first-order valence-electron chi connectivity index (χ1n) is 8.24. The monoisotopic (exact) mass is 395 g/mol. The fourth-order valence-corrected chi connectivity index (χ4v) is 2.77. The minimum atomic E-state index is -0.500. The van der Waals surface area contributed by atoms with Crippen molar-refractivity contribution in [2.24, 2.45) is 0 Å². The highest BCUT2D eigenvalue weighted by molar-refractivity contribution is 7.27. The van der Waals surface area contributed by atoms with Crippen molar-refractivity contribution in [3.8, 4) is 11.1 Å². The number of methoxy groups -OCH3 is 1. The van der Waals surface area contributed by atoms with Crippen LogP contribution >= 0.6 is 20.8 Å². The second kappa shape index (κ2) is 9.45. The predicted octanol–water partition coefficient (Wildman–Crippen LogP) is 4.01. The molecule has 1 heterocycles. The molecule has 0 radical (unpaired) electrons. The van der Waals surface area contributed by atoms with Crippen molar-refractivity contribution in [3.05, 3.63) is 46.1 Å². The Balaban J connectivity index is 0.000000597. The van der Waals surface area contributed by atoms with Gasteiger partial charge < -0.3 is 9.84 Å². The quantitative estimate of drug-likeness (QED) is 0.630. The molecule has 6 heteroatoms. The summed E-state index contributed by atoms with van der Waals surface area (Å²) in [6.07, 6.45) is 0.207. The third-order valence-corrected chi connectivity index (χ3v) is 4.28. The van der Waals surface area contributed by atoms with Gasteiger partial charge in [0.15, 0.2) is 0 Å². The lowest BCUT2D eigenvalue weighted by Crippen LogP contribution is -2.15. The summed E-state index contributed by atoms with van der Waals surface area (Å²) in [6, 6.07) is 7.59. The number of aromatic nitrogens is 1. The first-order valence-corrected chi connectivity index (χ1v) is 9.20. The summed E-state index contributed by atoms with van der Waals surface area (Å²) in [5, 5.41) is 9.20. The fraction of sp³-hybridized carbons (Fsp3) is 0.400. The zero-order valence-electron chi connectivity index (χ0n) is 16.2. The van der Waals surface area contributed by atoms with Crippen molar-refractivity contribution in [3.63, 3.8) is 0 Å². The molecule has 0 amide bonds. The third-order valence-electron chi connectivity index (χ3n) is 3.47. The van der Waals surface area contributed by atoms with Gasteiger partial charge in [-0.3, -0.25) is 9.78 Å². The smallest absolute Gasteiger partial charge is 0.310 e. The molecule has 0 saturated heterocycles. The van der Waals surface area contributed by atoms with E-state index in [1.807, 2.05) is 38.1 Å². The maximum absolute atomic E-state index is 11.7. The number of carbonyl (C=O) groups is 1. The summed E-state index contributed by atoms with van der Waals surface area (Å²) < 4.78 is 4.80. The highest BCUT2D eigenvalue weighted by atomic mass is 35.5. The van der Waals surface area contributed by atoms with Crippen molar-refractivity contribution in [2.75, 3.05) is 7.11 Å². The zero-order chi connectivity index (χ0) is 20.1. The third kappa shape index (κ3) is 7.03. The lowest BCUT2D eigenvalue weighted by Gasteiger charge is -2.16. The summed E-state index contributed by atoms with van der Waals surface area (Å²) in [5.41, 5.74) is 5.19. The molecule has 2 rings (SSSR count). The van der Waals surface area contributed by atoms with Crippen LogP contribution in [0.1, 0.15) is 37.6 Å². The number of carbonyl (C=O) groups excluding carboxylic acids is 1. The van der Waals surface area contributed by atoms with E-state index in [2.05, 4.69) is 14.2 Å². The maximum atomic E-state index is 11.7. The van der Waals surface area contributed by atoms with E-state index in [1.54, 1.807) is 20.8 Å². The van der Waals surface area contributed by atoms with Crippen LogP contribution in [0, 0.1) is 13.8 Å². The molecule has 0 bridgehead atoms. The number of aliphatic hydroxyl groups is 1. The van der Waals surface area contributed by atoms with E-state index >= 15 is 0 Å². The minimum absolute atomic E-state index is 0.207. The summed E-state index contributed by atoms with van der Waals surface area (Å²) in [4.78, 5) is 16.2. The molecule has 4 nitrogen and oxygen atoms in total. The average molecular weight is 396 g/mol. The molecule has 1 aromatic carbocycles. The molecular weight excluding hydrogens is 369 g/mol. The van der Waals surface area contributed by atoms with Crippen LogP contribution in [0.4, 0.5) is 0 Å². The Morgan fingerprint density at radius 1 is 1.23 bits per heavy atom. The second-order valence-electron chi connectivity index (χ2n) is 6.99. The standard InChI is InChI=1S/C16H17ClNO2P.C4H10O/c1-9-15(11-4-6-12(17)7-5-11)13(8-14(19)20-3)10(2)18-16(9)21;1-4(2,3)5/h4-7H,8,21H2,1-3H3;5H,1-3H3. The Morgan fingerprint density at radius 3 is 2.19 bits per heavy atom. The minimum Gasteiger partial charge on any atom is -0.469 e. The summed E-state index contributed by atoms with van der Waals surface area (Å²) in [5.74, 6) is -0.272. The molecule has 0 spiro atoms. The van der Waals surface area contributed by atoms with E-state index in [0.717, 1.165) is 33.4 Å². The number of benzene rings is 1. The van der Waals surface area contributed by atoms with Crippen molar-refractivity contribution in [1.29, 1.82) is 0 Å². The maximum Gasteiger partial charge on any atom is 0.310 e. The van der Waals surface area contributed by atoms with Crippen LogP contribution in [-0.2, 0) is 16.0 Å². The topological polar surface area (TPSA) is 59.4 Å². The molecule has 1 atom stereocenters. The van der Waals surface area contributed by atoms with Gasteiger partial charge in [0.2, 0.25) is 0 Å². The van der Waals surface area contributed by atoms with Gasteiger partial charge in [0.25, 0.3) is 0 Å². The Bertz CT molecular complexity index is 762. The van der Waals surface area contributed by atoms with E-state index in [0.29, 0.717) is 5.02 Å². The molecule has 0 aliphatic rings. The Hall–Kier alpha value is -1.48. The van der Waals surface area contributed by atoms with Gasteiger partial charge in [0.05, 0.1) is 24.6 Å². The van der Waals surface area contributed by atoms with Crippen molar-refractivity contribution >= 4 is 32.2 Å². The molecule has 0 aliphatic heterocycles. The van der Waals surface area contributed by atoms with Gasteiger partial charge in [0.1, 0.15) is 0 Å². The van der Waals surface area contributed by atoms with Gasteiger partial charge in [-0.2, -0.15) is 0 Å². The van der Waals surface area contributed by atoms with Gasteiger partial charge in [-0.1, -0.05) is 33.0 Å². The molecule has 26 heavy (non-hydrogen) atoms. The van der Waals surface area contributed by atoms with E-state index < -0.39 is 5.60 Å². The lowest BCUT2D eigenvalue weighted by molar-refractivity contribution is -0.139.